The Balaban J connectivity index is 2.32. The van der Waals surface area contributed by atoms with Crippen LogP contribution in [0, 0.1) is 11.6 Å². The largest absolute Gasteiger partial charge is 0.451 e. The Hall–Kier alpha value is -1.94. The summed E-state index contributed by atoms with van der Waals surface area (Å²) in [6.45, 7) is 3.63. The molecule has 20 heavy (non-hydrogen) atoms. The molecule has 2 rings (SSSR count). The molecule has 2 aromatic rings. The first-order valence-corrected chi connectivity index (χ1v) is 6.38. The van der Waals surface area contributed by atoms with E-state index in [1.807, 2.05) is 19.9 Å². The number of rotatable bonds is 4. The van der Waals surface area contributed by atoms with Crippen molar-refractivity contribution in [2.45, 2.75) is 26.4 Å². The second-order valence-electron chi connectivity index (χ2n) is 4.88. The van der Waals surface area contributed by atoms with Crippen molar-refractivity contribution in [3.05, 3.63) is 59.2 Å². The third-order valence-corrected chi connectivity index (χ3v) is 2.99. The lowest BCUT2D eigenvalue weighted by Gasteiger charge is -2.11. The topological polar surface area (TPSA) is 29.5 Å². The smallest absolute Gasteiger partial charge is 0.198 e. The second kappa shape index (κ2) is 6.01. The summed E-state index contributed by atoms with van der Waals surface area (Å²) in [7, 11) is 0. The van der Waals surface area contributed by atoms with Gasteiger partial charge in [-0.1, -0.05) is 26.0 Å². The molecular formula is C16H16F2O2. The van der Waals surface area contributed by atoms with Crippen LogP contribution in [0.15, 0.2) is 36.4 Å². The van der Waals surface area contributed by atoms with Crippen LogP contribution in [0.2, 0.25) is 0 Å². The van der Waals surface area contributed by atoms with Crippen molar-refractivity contribution in [2.24, 2.45) is 0 Å². The molecule has 2 aromatic carbocycles. The fourth-order valence-corrected chi connectivity index (χ4v) is 1.86. The molecule has 0 saturated carbocycles. The third kappa shape index (κ3) is 3.14. The minimum Gasteiger partial charge on any atom is -0.451 e. The van der Waals surface area contributed by atoms with Gasteiger partial charge in [-0.15, -0.1) is 0 Å². The van der Waals surface area contributed by atoms with Crippen LogP contribution >= 0.6 is 0 Å². The van der Waals surface area contributed by atoms with Crippen LogP contribution in [0.5, 0.6) is 11.5 Å². The van der Waals surface area contributed by atoms with E-state index < -0.39 is 24.0 Å². The van der Waals surface area contributed by atoms with E-state index in [1.54, 1.807) is 18.2 Å². The van der Waals surface area contributed by atoms with E-state index in [0.717, 1.165) is 17.7 Å². The van der Waals surface area contributed by atoms with Crippen LogP contribution < -0.4 is 4.74 Å². The van der Waals surface area contributed by atoms with Crippen LogP contribution in [-0.2, 0) is 6.61 Å². The Morgan fingerprint density at radius 3 is 2.30 bits per heavy atom. The molecule has 0 aliphatic carbocycles. The van der Waals surface area contributed by atoms with Crippen LogP contribution in [0.4, 0.5) is 8.78 Å². The van der Waals surface area contributed by atoms with Gasteiger partial charge in [-0.2, -0.15) is 0 Å². The predicted molar refractivity (Wildman–Crippen MR) is 72.9 cm³/mol. The molecule has 2 nitrogen and oxygen atoms in total. The Labute approximate surface area is 116 Å². The van der Waals surface area contributed by atoms with E-state index in [0.29, 0.717) is 11.7 Å². The minimum atomic E-state index is -0.830. The number of aliphatic hydroxyl groups is 1. The molecule has 1 N–H and O–H groups in total. The molecule has 0 fully saturated rings. The number of aliphatic hydroxyl groups excluding tert-OH is 1. The highest BCUT2D eigenvalue weighted by Gasteiger charge is 2.14. The summed E-state index contributed by atoms with van der Waals surface area (Å²) < 4.78 is 32.8. The number of ether oxygens (including phenoxy) is 1. The summed E-state index contributed by atoms with van der Waals surface area (Å²) >= 11 is 0. The van der Waals surface area contributed by atoms with Crippen molar-refractivity contribution in [1.29, 1.82) is 0 Å². The zero-order chi connectivity index (χ0) is 14.7. The fraction of sp³-hybridized carbons (Fsp3) is 0.250. The fourth-order valence-electron chi connectivity index (χ4n) is 1.86. The molecule has 0 spiro atoms. The molecule has 0 unspecified atom stereocenters. The van der Waals surface area contributed by atoms with Gasteiger partial charge in [0.1, 0.15) is 5.75 Å². The number of benzene rings is 2. The van der Waals surface area contributed by atoms with Gasteiger partial charge in [-0.3, -0.25) is 0 Å². The highest BCUT2D eigenvalue weighted by molar-refractivity contribution is 5.37. The summed E-state index contributed by atoms with van der Waals surface area (Å²) in [4.78, 5) is 0. The normalized spacial score (nSPS) is 10.9. The summed E-state index contributed by atoms with van der Waals surface area (Å²) in [6, 6.07) is 9.23. The lowest BCUT2D eigenvalue weighted by atomic mass is 10.0. The maximum absolute atomic E-state index is 13.8. The first-order chi connectivity index (χ1) is 9.51. The minimum absolute atomic E-state index is 0.170. The van der Waals surface area contributed by atoms with Gasteiger partial charge in [-0.05, 0) is 41.3 Å². The molecule has 0 aliphatic rings. The molecular weight excluding hydrogens is 262 g/mol. The molecule has 4 heteroatoms. The van der Waals surface area contributed by atoms with Gasteiger partial charge in [0.05, 0.1) is 6.61 Å². The van der Waals surface area contributed by atoms with E-state index in [1.165, 1.54) is 0 Å². The molecule has 0 radical (unpaired) electrons. The molecule has 0 aromatic heterocycles. The van der Waals surface area contributed by atoms with Crippen molar-refractivity contribution in [1.82, 2.24) is 0 Å². The van der Waals surface area contributed by atoms with Gasteiger partial charge >= 0.3 is 0 Å². The van der Waals surface area contributed by atoms with Gasteiger partial charge in [0.25, 0.3) is 0 Å². The molecule has 0 saturated heterocycles. The second-order valence-corrected chi connectivity index (χ2v) is 4.88. The molecule has 0 amide bonds. The molecule has 0 heterocycles. The van der Waals surface area contributed by atoms with Crippen molar-refractivity contribution < 1.29 is 18.6 Å². The Bertz CT molecular complexity index is 586. The van der Waals surface area contributed by atoms with Crippen molar-refractivity contribution in [3.63, 3.8) is 0 Å². The third-order valence-electron chi connectivity index (χ3n) is 2.99. The van der Waals surface area contributed by atoms with Gasteiger partial charge in [0, 0.05) is 0 Å². The highest BCUT2D eigenvalue weighted by Crippen LogP contribution is 2.30. The lowest BCUT2D eigenvalue weighted by molar-refractivity contribution is 0.279. The van der Waals surface area contributed by atoms with Gasteiger partial charge in [0.15, 0.2) is 17.4 Å². The van der Waals surface area contributed by atoms with E-state index in [9.17, 15) is 8.78 Å². The van der Waals surface area contributed by atoms with E-state index in [2.05, 4.69) is 0 Å². The summed E-state index contributed by atoms with van der Waals surface area (Å²) in [5, 5.41) is 8.89. The average molecular weight is 278 g/mol. The van der Waals surface area contributed by atoms with Crippen molar-refractivity contribution >= 4 is 0 Å². The number of hydrogen-bond acceptors (Lipinski definition) is 2. The zero-order valence-corrected chi connectivity index (χ0v) is 11.4. The first kappa shape index (κ1) is 14.5. The van der Waals surface area contributed by atoms with Gasteiger partial charge < -0.3 is 9.84 Å². The van der Waals surface area contributed by atoms with Crippen LogP contribution in [0.3, 0.4) is 0 Å². The lowest BCUT2D eigenvalue weighted by Crippen LogP contribution is -1.96. The monoisotopic (exact) mass is 278 g/mol. The molecule has 0 bridgehead atoms. The number of hydrogen-bond donors (Lipinski definition) is 1. The Morgan fingerprint density at radius 2 is 1.75 bits per heavy atom. The van der Waals surface area contributed by atoms with Crippen LogP contribution in [-0.4, -0.2) is 5.11 Å². The summed E-state index contributed by atoms with van der Waals surface area (Å²) in [6.07, 6.45) is 0. The predicted octanol–water partition coefficient (Wildman–Crippen LogP) is 4.37. The van der Waals surface area contributed by atoms with E-state index in [-0.39, 0.29) is 5.56 Å². The first-order valence-electron chi connectivity index (χ1n) is 6.38. The maximum atomic E-state index is 13.8. The molecule has 106 valence electrons. The van der Waals surface area contributed by atoms with Gasteiger partial charge in [-0.25, -0.2) is 8.78 Å². The van der Waals surface area contributed by atoms with Crippen LogP contribution in [0.25, 0.3) is 0 Å². The SMILES string of the molecule is CC(C)c1cccc(Oc2c(F)cc(CO)cc2F)c1. The van der Waals surface area contributed by atoms with Crippen molar-refractivity contribution in [2.75, 3.05) is 0 Å². The quantitative estimate of drug-likeness (QED) is 0.899. The van der Waals surface area contributed by atoms with E-state index >= 15 is 0 Å². The number of halogens is 2. The highest BCUT2D eigenvalue weighted by atomic mass is 19.1. The van der Waals surface area contributed by atoms with Gasteiger partial charge in [0.2, 0.25) is 0 Å². The zero-order valence-electron chi connectivity index (χ0n) is 11.4. The summed E-state index contributed by atoms with van der Waals surface area (Å²) in [5.41, 5.74) is 1.19. The summed E-state index contributed by atoms with van der Waals surface area (Å²) in [5.74, 6) is -1.44. The molecule has 0 atom stereocenters. The Morgan fingerprint density at radius 1 is 1.10 bits per heavy atom. The van der Waals surface area contributed by atoms with Crippen LogP contribution in [0.1, 0.15) is 30.9 Å². The van der Waals surface area contributed by atoms with E-state index in [4.69, 9.17) is 9.84 Å². The average Bonchev–Trinajstić information content (AvgIpc) is 2.42. The maximum Gasteiger partial charge on any atom is 0.198 e. The standard InChI is InChI=1S/C16H16F2O2/c1-10(2)12-4-3-5-13(8-12)20-16-14(17)6-11(9-19)7-15(16)18/h3-8,10,19H,9H2,1-2H3. The molecule has 0 aliphatic heterocycles. The Kier molecular flexibility index (Phi) is 4.35. The van der Waals surface area contributed by atoms with Crippen molar-refractivity contribution in [3.8, 4) is 11.5 Å².